The summed E-state index contributed by atoms with van der Waals surface area (Å²) in [6.45, 7) is 1.58. The van der Waals surface area contributed by atoms with Crippen LogP contribution in [0.4, 0.5) is 10.9 Å². The zero-order valence-electron chi connectivity index (χ0n) is 15.8. The van der Waals surface area contributed by atoms with Crippen LogP contribution in [0.15, 0.2) is 46.3 Å². The fourth-order valence-electron chi connectivity index (χ4n) is 2.41. The Morgan fingerprint density at radius 3 is 2.62 bits per heavy atom. The van der Waals surface area contributed by atoms with Gasteiger partial charge in [-0.3, -0.25) is 19.7 Å². The number of carbonyl (C=O) groups is 3. The van der Waals surface area contributed by atoms with Crippen LogP contribution in [0, 0.1) is 6.92 Å². The zero-order valence-corrected chi connectivity index (χ0v) is 16.7. The number of carbonyl (C=O) groups excluding carboxylic acids is 3. The van der Waals surface area contributed by atoms with Gasteiger partial charge < -0.3 is 14.7 Å². The van der Waals surface area contributed by atoms with Crippen LogP contribution in [-0.4, -0.2) is 46.4 Å². The van der Waals surface area contributed by atoms with Gasteiger partial charge in [-0.1, -0.05) is 23.4 Å². The molecule has 0 saturated heterocycles. The number of nitrogens with zero attached hydrogens (tertiary/aromatic N) is 3. The molecule has 3 rings (SSSR count). The average Bonchev–Trinajstić information content (AvgIpc) is 3.30. The van der Waals surface area contributed by atoms with Crippen LogP contribution < -0.4 is 10.6 Å². The quantitative estimate of drug-likeness (QED) is 0.614. The van der Waals surface area contributed by atoms with Crippen LogP contribution >= 0.6 is 11.3 Å². The first-order valence-electron chi connectivity index (χ1n) is 8.68. The lowest BCUT2D eigenvalue weighted by atomic mass is 10.2. The van der Waals surface area contributed by atoms with E-state index in [-0.39, 0.29) is 30.7 Å². The summed E-state index contributed by atoms with van der Waals surface area (Å²) in [6, 6.07) is 10.4. The molecule has 29 heavy (non-hydrogen) atoms. The van der Waals surface area contributed by atoms with Crippen molar-refractivity contribution in [3.63, 3.8) is 0 Å². The van der Waals surface area contributed by atoms with E-state index in [4.69, 9.17) is 4.52 Å². The minimum absolute atomic E-state index is 0.0184. The predicted molar refractivity (Wildman–Crippen MR) is 108 cm³/mol. The van der Waals surface area contributed by atoms with Crippen molar-refractivity contribution in [1.82, 2.24) is 15.0 Å². The first-order valence-corrected chi connectivity index (χ1v) is 9.56. The predicted octanol–water partition coefficient (Wildman–Crippen LogP) is 2.33. The Balaban J connectivity index is 1.50. The Morgan fingerprint density at radius 1 is 1.17 bits per heavy atom. The topological polar surface area (TPSA) is 117 Å². The highest BCUT2D eigenvalue weighted by Gasteiger charge is 2.17. The Bertz CT molecular complexity index is 1010. The Morgan fingerprint density at radius 2 is 1.93 bits per heavy atom. The van der Waals surface area contributed by atoms with Gasteiger partial charge in [-0.15, -0.1) is 11.3 Å². The second-order valence-electron chi connectivity index (χ2n) is 6.26. The molecule has 0 atom stereocenters. The van der Waals surface area contributed by atoms with Gasteiger partial charge in [-0.25, -0.2) is 4.98 Å². The summed E-state index contributed by atoms with van der Waals surface area (Å²) in [5.41, 5.74) is 1.04. The van der Waals surface area contributed by atoms with Crippen LogP contribution in [0.3, 0.4) is 0 Å². The molecule has 0 saturated carbocycles. The number of hydrogen-bond acceptors (Lipinski definition) is 7. The summed E-state index contributed by atoms with van der Waals surface area (Å²) < 4.78 is 4.87. The van der Waals surface area contributed by atoms with E-state index in [2.05, 4.69) is 20.8 Å². The molecule has 3 amide bonds. The van der Waals surface area contributed by atoms with Gasteiger partial charge in [0.15, 0.2) is 10.9 Å². The van der Waals surface area contributed by atoms with Gasteiger partial charge in [-0.2, -0.15) is 0 Å². The maximum Gasteiger partial charge on any atom is 0.257 e. The zero-order chi connectivity index (χ0) is 20.8. The van der Waals surface area contributed by atoms with Crippen LogP contribution in [0.2, 0.25) is 0 Å². The minimum atomic E-state index is -0.386. The normalized spacial score (nSPS) is 10.4. The number of nitrogens with one attached hydrogen (secondary N) is 2. The van der Waals surface area contributed by atoms with E-state index in [1.807, 2.05) is 6.07 Å². The second kappa shape index (κ2) is 9.11. The molecule has 1 aromatic carbocycles. The number of amides is 3. The molecule has 9 nitrogen and oxygen atoms in total. The lowest BCUT2D eigenvalue weighted by Crippen LogP contribution is -2.35. The highest BCUT2D eigenvalue weighted by molar-refractivity contribution is 7.14. The summed E-state index contributed by atoms with van der Waals surface area (Å²) in [6.07, 6.45) is 0.0184. The largest absolute Gasteiger partial charge is 0.360 e. The maximum absolute atomic E-state index is 12.3. The van der Waals surface area contributed by atoms with Gasteiger partial charge in [0.05, 0.1) is 18.7 Å². The molecular formula is C19H19N5O4S. The Kier molecular flexibility index (Phi) is 6.35. The van der Waals surface area contributed by atoms with E-state index in [0.717, 1.165) is 0 Å². The summed E-state index contributed by atoms with van der Waals surface area (Å²) in [5, 5.41) is 11.0. The number of anilines is 2. The SMILES string of the molecule is Cc1cc(NC(=O)CN(C)C(=O)Cc2csc(NC(=O)c3ccccc3)n2)no1. The van der Waals surface area contributed by atoms with Gasteiger partial charge in [0.25, 0.3) is 5.91 Å². The molecule has 0 aliphatic heterocycles. The van der Waals surface area contributed by atoms with Gasteiger partial charge in [-0.05, 0) is 19.1 Å². The van der Waals surface area contributed by atoms with Crippen molar-refractivity contribution in [2.75, 3.05) is 24.2 Å². The second-order valence-corrected chi connectivity index (χ2v) is 7.12. The van der Waals surface area contributed by atoms with E-state index in [1.165, 1.54) is 23.3 Å². The summed E-state index contributed by atoms with van der Waals surface area (Å²) in [4.78, 5) is 42.1. The molecule has 10 heteroatoms. The number of thiazole rings is 1. The molecular weight excluding hydrogens is 394 g/mol. The number of benzene rings is 1. The molecule has 0 spiro atoms. The van der Waals surface area contributed by atoms with Gasteiger partial charge in [0.2, 0.25) is 11.8 Å². The fourth-order valence-corrected chi connectivity index (χ4v) is 3.11. The van der Waals surface area contributed by atoms with Gasteiger partial charge >= 0.3 is 0 Å². The van der Waals surface area contributed by atoms with E-state index >= 15 is 0 Å². The van der Waals surface area contributed by atoms with Crippen molar-refractivity contribution < 1.29 is 18.9 Å². The third kappa shape index (κ3) is 5.72. The van der Waals surface area contributed by atoms with Crippen molar-refractivity contribution in [1.29, 1.82) is 0 Å². The molecule has 0 bridgehead atoms. The summed E-state index contributed by atoms with van der Waals surface area (Å²) >= 11 is 1.23. The van der Waals surface area contributed by atoms with E-state index in [1.54, 1.807) is 42.6 Å². The van der Waals surface area contributed by atoms with Crippen LogP contribution in [0.5, 0.6) is 0 Å². The average molecular weight is 413 g/mol. The number of aromatic nitrogens is 2. The monoisotopic (exact) mass is 413 g/mol. The molecule has 0 fully saturated rings. The minimum Gasteiger partial charge on any atom is -0.360 e. The van der Waals surface area contributed by atoms with Crippen LogP contribution in [-0.2, 0) is 16.0 Å². The first-order chi connectivity index (χ1) is 13.9. The van der Waals surface area contributed by atoms with Crippen LogP contribution in [0.1, 0.15) is 21.8 Å². The third-order valence-electron chi connectivity index (χ3n) is 3.84. The van der Waals surface area contributed by atoms with Gasteiger partial charge in [0.1, 0.15) is 5.76 Å². The maximum atomic E-state index is 12.3. The number of rotatable bonds is 7. The molecule has 0 aliphatic carbocycles. The first kappa shape index (κ1) is 20.2. The van der Waals surface area contributed by atoms with Gasteiger partial charge in [0, 0.05) is 24.1 Å². The van der Waals surface area contributed by atoms with E-state index < -0.39 is 0 Å². The fraction of sp³-hybridized carbons (Fsp3) is 0.211. The lowest BCUT2D eigenvalue weighted by molar-refractivity contribution is -0.132. The van der Waals surface area contributed by atoms with Crippen molar-refractivity contribution in [3.8, 4) is 0 Å². The highest BCUT2D eigenvalue weighted by Crippen LogP contribution is 2.17. The number of likely N-dealkylation sites (N-methyl/N-ethyl adjacent to an activating group) is 1. The highest BCUT2D eigenvalue weighted by atomic mass is 32.1. The molecule has 3 aromatic rings. The summed E-state index contributed by atoms with van der Waals surface area (Å²) in [5.74, 6) is -0.0595. The molecule has 2 aromatic heterocycles. The van der Waals surface area contributed by atoms with Crippen molar-refractivity contribution in [3.05, 3.63) is 58.8 Å². The number of hydrogen-bond donors (Lipinski definition) is 2. The smallest absolute Gasteiger partial charge is 0.257 e. The standard InChI is InChI=1S/C19H19N5O4S/c1-12-8-15(23-28-12)21-16(25)10-24(2)17(26)9-14-11-29-19(20-14)22-18(27)13-6-4-3-5-7-13/h3-8,11H,9-10H2,1-2H3,(H,20,22,27)(H,21,23,25). The lowest BCUT2D eigenvalue weighted by Gasteiger charge is -2.15. The van der Waals surface area contributed by atoms with Crippen molar-refractivity contribution >= 4 is 40.0 Å². The van der Waals surface area contributed by atoms with Crippen molar-refractivity contribution in [2.24, 2.45) is 0 Å². The molecule has 0 aliphatic rings. The molecule has 2 heterocycles. The molecule has 0 radical (unpaired) electrons. The molecule has 150 valence electrons. The summed E-state index contributed by atoms with van der Waals surface area (Å²) in [7, 11) is 1.53. The third-order valence-corrected chi connectivity index (χ3v) is 4.65. The Labute approximate surface area is 170 Å². The number of aryl methyl sites for hydroxylation is 1. The molecule has 2 N–H and O–H groups in total. The van der Waals surface area contributed by atoms with E-state index in [0.29, 0.717) is 28.0 Å². The molecule has 0 unspecified atom stereocenters. The van der Waals surface area contributed by atoms with E-state index in [9.17, 15) is 14.4 Å². The van der Waals surface area contributed by atoms with Crippen molar-refractivity contribution in [2.45, 2.75) is 13.3 Å². The Hall–Kier alpha value is -3.53. The van der Waals surface area contributed by atoms with Crippen LogP contribution in [0.25, 0.3) is 0 Å².